The number of allylic oxidation sites excluding steroid dienone is 1. The number of rotatable bonds is 8. The van der Waals surface area contributed by atoms with Crippen LogP contribution in [0.4, 0.5) is 11.6 Å². The Morgan fingerprint density at radius 3 is 2.47 bits per heavy atom. The number of para-hydroxylation sites is 1. The lowest BCUT2D eigenvalue weighted by Crippen LogP contribution is -2.31. The third kappa shape index (κ3) is 5.39. The molecule has 0 unspecified atom stereocenters. The first-order valence-corrected chi connectivity index (χ1v) is 12.3. The average molecular weight is 476 g/mol. The maximum atomic E-state index is 13.3. The van der Waals surface area contributed by atoms with Crippen molar-refractivity contribution in [1.29, 1.82) is 0 Å². The maximum Gasteiger partial charge on any atom is 0.255 e. The van der Waals surface area contributed by atoms with Crippen molar-refractivity contribution in [1.82, 2.24) is 14.8 Å². The highest BCUT2D eigenvalue weighted by atomic mass is 32.2. The van der Waals surface area contributed by atoms with Crippen molar-refractivity contribution in [2.45, 2.75) is 45.3 Å². The van der Waals surface area contributed by atoms with Crippen LogP contribution in [0.25, 0.3) is 0 Å². The minimum Gasteiger partial charge on any atom is -0.328 e. The molecule has 0 fully saturated rings. The SMILES string of the molecule is CC1=C(C(=O)Nc2ccccc2)[C@H](CC(C)C)n2nc(SCC(=O)c3ccc(C)cc3)nc2N1. The number of fused-ring (bicyclic) bond motifs is 1. The zero-order valence-corrected chi connectivity index (χ0v) is 20.6. The van der Waals surface area contributed by atoms with Crippen LogP contribution in [0.2, 0.25) is 0 Å². The molecule has 1 amide bonds. The molecule has 0 bridgehead atoms. The molecule has 8 heteroatoms. The standard InChI is InChI=1S/C26H29N5O2S/c1-16(2)14-21-23(24(33)28-20-8-6-5-7-9-20)18(4)27-25-29-26(30-31(21)25)34-15-22(32)19-12-10-17(3)11-13-19/h5-13,16,21H,14-15H2,1-4H3,(H,28,33)(H,27,29,30)/t21-/m0/s1. The van der Waals surface area contributed by atoms with Gasteiger partial charge < -0.3 is 10.6 Å². The normalized spacial score (nSPS) is 15.1. The molecule has 0 aliphatic carbocycles. The minimum atomic E-state index is -0.255. The van der Waals surface area contributed by atoms with Gasteiger partial charge in [0.05, 0.1) is 17.4 Å². The van der Waals surface area contributed by atoms with Gasteiger partial charge in [-0.15, -0.1) is 5.10 Å². The second-order valence-corrected chi connectivity index (χ2v) is 9.81. The number of benzene rings is 2. The summed E-state index contributed by atoms with van der Waals surface area (Å²) in [5.74, 6) is 1.04. The highest BCUT2D eigenvalue weighted by Gasteiger charge is 2.33. The van der Waals surface area contributed by atoms with Gasteiger partial charge in [-0.1, -0.05) is 73.6 Å². The maximum absolute atomic E-state index is 13.3. The Labute approximate surface area is 204 Å². The molecule has 0 saturated carbocycles. The van der Waals surface area contributed by atoms with Gasteiger partial charge in [-0.3, -0.25) is 9.59 Å². The monoisotopic (exact) mass is 475 g/mol. The summed E-state index contributed by atoms with van der Waals surface area (Å²) in [6.45, 7) is 8.12. The molecule has 4 rings (SSSR count). The lowest BCUT2D eigenvalue weighted by atomic mass is 9.94. The Hall–Kier alpha value is -3.39. The number of amides is 1. The van der Waals surface area contributed by atoms with E-state index in [4.69, 9.17) is 0 Å². The van der Waals surface area contributed by atoms with Crippen molar-refractivity contribution in [3.05, 3.63) is 77.0 Å². The van der Waals surface area contributed by atoms with E-state index < -0.39 is 0 Å². The van der Waals surface area contributed by atoms with E-state index in [2.05, 4.69) is 34.6 Å². The summed E-state index contributed by atoms with van der Waals surface area (Å²) < 4.78 is 1.78. The molecule has 2 aromatic carbocycles. The van der Waals surface area contributed by atoms with E-state index in [1.807, 2.05) is 68.4 Å². The van der Waals surface area contributed by atoms with E-state index in [0.29, 0.717) is 28.2 Å². The third-order valence-corrected chi connectivity index (χ3v) is 6.46. The molecule has 7 nitrogen and oxygen atoms in total. The number of nitrogens with one attached hydrogen (secondary N) is 2. The number of Topliss-reactive ketones (excluding diaryl/α,β-unsaturated/α-hetero) is 1. The molecule has 34 heavy (non-hydrogen) atoms. The zero-order chi connectivity index (χ0) is 24.2. The number of carbonyl (C=O) groups is 2. The topological polar surface area (TPSA) is 88.9 Å². The van der Waals surface area contributed by atoms with E-state index in [0.717, 1.165) is 23.4 Å². The number of anilines is 2. The molecule has 2 heterocycles. The fourth-order valence-electron chi connectivity index (χ4n) is 3.93. The van der Waals surface area contributed by atoms with Crippen molar-refractivity contribution in [3.8, 4) is 0 Å². The van der Waals surface area contributed by atoms with Gasteiger partial charge in [0.25, 0.3) is 5.91 Å². The summed E-state index contributed by atoms with van der Waals surface area (Å²) >= 11 is 1.30. The first kappa shape index (κ1) is 23.8. The van der Waals surface area contributed by atoms with Crippen LogP contribution < -0.4 is 10.6 Å². The molecule has 3 aromatic rings. The Morgan fingerprint density at radius 1 is 1.09 bits per heavy atom. The first-order chi connectivity index (χ1) is 16.3. The third-order valence-electron chi connectivity index (χ3n) is 5.62. The molecule has 2 N–H and O–H groups in total. The Bertz CT molecular complexity index is 1220. The average Bonchev–Trinajstić information content (AvgIpc) is 3.21. The summed E-state index contributed by atoms with van der Waals surface area (Å²) in [7, 11) is 0. The Balaban J connectivity index is 1.54. The van der Waals surface area contributed by atoms with Crippen LogP contribution in [0, 0.1) is 12.8 Å². The fraction of sp³-hybridized carbons (Fsp3) is 0.308. The van der Waals surface area contributed by atoms with Gasteiger partial charge >= 0.3 is 0 Å². The van der Waals surface area contributed by atoms with Gasteiger partial charge in [-0.25, -0.2) is 4.68 Å². The molecule has 1 atom stereocenters. The van der Waals surface area contributed by atoms with Crippen LogP contribution in [-0.4, -0.2) is 32.2 Å². The number of thioether (sulfide) groups is 1. The largest absolute Gasteiger partial charge is 0.328 e. The van der Waals surface area contributed by atoms with Crippen LogP contribution in [-0.2, 0) is 4.79 Å². The molecule has 1 aliphatic rings. The van der Waals surface area contributed by atoms with Crippen LogP contribution in [0.5, 0.6) is 0 Å². The van der Waals surface area contributed by atoms with E-state index >= 15 is 0 Å². The summed E-state index contributed by atoms with van der Waals surface area (Å²) in [5.41, 5.74) is 3.93. The highest BCUT2D eigenvalue weighted by Crippen LogP contribution is 2.36. The summed E-state index contributed by atoms with van der Waals surface area (Å²) in [6.07, 6.45) is 0.735. The zero-order valence-electron chi connectivity index (χ0n) is 19.8. The van der Waals surface area contributed by atoms with Gasteiger partial charge in [0.15, 0.2) is 5.78 Å². The quantitative estimate of drug-likeness (QED) is 0.331. The van der Waals surface area contributed by atoms with Crippen LogP contribution >= 0.6 is 11.8 Å². The predicted molar refractivity (Wildman–Crippen MR) is 136 cm³/mol. The van der Waals surface area contributed by atoms with E-state index in [9.17, 15) is 9.59 Å². The van der Waals surface area contributed by atoms with Crippen molar-refractivity contribution in [2.75, 3.05) is 16.4 Å². The number of carbonyl (C=O) groups excluding carboxylic acids is 2. The van der Waals surface area contributed by atoms with Crippen LogP contribution in [0.1, 0.15) is 49.2 Å². The first-order valence-electron chi connectivity index (χ1n) is 11.3. The molecular weight excluding hydrogens is 446 g/mol. The van der Waals surface area contributed by atoms with Crippen molar-refractivity contribution >= 4 is 35.1 Å². The van der Waals surface area contributed by atoms with Crippen molar-refractivity contribution in [2.24, 2.45) is 5.92 Å². The summed E-state index contributed by atoms with van der Waals surface area (Å²) in [4.78, 5) is 30.5. The molecule has 1 aromatic heterocycles. The molecular formula is C26H29N5O2S. The van der Waals surface area contributed by atoms with Crippen molar-refractivity contribution in [3.63, 3.8) is 0 Å². The summed E-state index contributed by atoms with van der Waals surface area (Å²) in [6, 6.07) is 16.7. The van der Waals surface area contributed by atoms with Gasteiger partial charge in [0.1, 0.15) is 0 Å². The highest BCUT2D eigenvalue weighted by molar-refractivity contribution is 7.99. The van der Waals surface area contributed by atoms with Gasteiger partial charge in [0.2, 0.25) is 11.1 Å². The minimum absolute atomic E-state index is 0.0293. The lowest BCUT2D eigenvalue weighted by molar-refractivity contribution is -0.113. The molecule has 176 valence electrons. The number of aromatic nitrogens is 3. The van der Waals surface area contributed by atoms with Gasteiger partial charge in [-0.05, 0) is 38.3 Å². The molecule has 1 aliphatic heterocycles. The smallest absolute Gasteiger partial charge is 0.255 e. The van der Waals surface area contributed by atoms with Crippen molar-refractivity contribution < 1.29 is 9.59 Å². The Kier molecular flexibility index (Phi) is 7.17. The van der Waals surface area contributed by atoms with Crippen LogP contribution in [0.15, 0.2) is 71.0 Å². The van der Waals surface area contributed by atoms with E-state index in [1.165, 1.54) is 11.8 Å². The number of aryl methyl sites for hydroxylation is 1. The second kappa shape index (κ2) is 10.3. The number of hydrogen-bond acceptors (Lipinski definition) is 6. The number of ketones is 1. The number of hydrogen-bond donors (Lipinski definition) is 2. The second-order valence-electron chi connectivity index (χ2n) is 8.87. The fourth-order valence-corrected chi connectivity index (χ4v) is 4.66. The molecule has 0 radical (unpaired) electrons. The number of nitrogens with zero attached hydrogens (tertiary/aromatic N) is 3. The molecule has 0 spiro atoms. The molecule has 0 saturated heterocycles. The van der Waals surface area contributed by atoms with E-state index in [-0.39, 0.29) is 23.5 Å². The predicted octanol–water partition coefficient (Wildman–Crippen LogP) is 5.49. The Morgan fingerprint density at radius 2 is 1.79 bits per heavy atom. The van der Waals surface area contributed by atoms with Gasteiger partial charge in [-0.2, -0.15) is 4.98 Å². The summed E-state index contributed by atoms with van der Waals surface area (Å²) in [5, 5.41) is 11.4. The van der Waals surface area contributed by atoms with Gasteiger partial charge in [0, 0.05) is 16.9 Å². The lowest BCUT2D eigenvalue weighted by Gasteiger charge is -2.29. The van der Waals surface area contributed by atoms with E-state index in [1.54, 1.807) is 4.68 Å². The van der Waals surface area contributed by atoms with Crippen LogP contribution in [0.3, 0.4) is 0 Å².